The standard InChI is InChI=1S/C16H15F2N3O2/c17-11-4-10(5-12(18)6-11)9-23-14-7-15-20-3-1-2-13(20)8-21(15)16(22)19-14/h4-7,13H,1-3,8-9H2. The first-order valence-corrected chi connectivity index (χ1v) is 7.56. The molecule has 0 saturated carbocycles. The molecule has 1 aromatic heterocycles. The summed E-state index contributed by atoms with van der Waals surface area (Å²) in [5.41, 5.74) is 0.00118. The first-order chi connectivity index (χ1) is 11.1. The van der Waals surface area contributed by atoms with E-state index in [4.69, 9.17) is 4.74 Å². The lowest BCUT2D eigenvalue weighted by molar-refractivity contribution is 0.290. The second-order valence-electron chi connectivity index (χ2n) is 5.90. The van der Waals surface area contributed by atoms with Gasteiger partial charge in [0.15, 0.2) is 0 Å². The van der Waals surface area contributed by atoms with E-state index in [1.165, 1.54) is 12.1 Å². The Hall–Kier alpha value is -2.44. The normalized spacial score (nSPS) is 18.9. The number of anilines is 1. The van der Waals surface area contributed by atoms with Gasteiger partial charge in [-0.15, -0.1) is 0 Å². The Labute approximate surface area is 131 Å². The van der Waals surface area contributed by atoms with Crippen LogP contribution in [0, 0.1) is 11.6 Å². The maximum absolute atomic E-state index is 13.2. The number of rotatable bonds is 3. The summed E-state index contributed by atoms with van der Waals surface area (Å²) in [6, 6.07) is 5.27. The molecule has 7 heteroatoms. The maximum atomic E-state index is 13.2. The van der Waals surface area contributed by atoms with Crippen LogP contribution in [0.25, 0.3) is 0 Å². The highest BCUT2D eigenvalue weighted by Gasteiger charge is 2.34. The minimum Gasteiger partial charge on any atom is -0.473 e. The molecule has 3 heterocycles. The van der Waals surface area contributed by atoms with Crippen molar-refractivity contribution in [3.63, 3.8) is 0 Å². The lowest BCUT2D eigenvalue weighted by atomic mass is 10.2. The van der Waals surface area contributed by atoms with E-state index in [1.807, 2.05) is 0 Å². The molecule has 0 radical (unpaired) electrons. The fraction of sp³-hybridized carbons (Fsp3) is 0.375. The number of nitrogens with zero attached hydrogens (tertiary/aromatic N) is 3. The summed E-state index contributed by atoms with van der Waals surface area (Å²) in [7, 11) is 0. The minimum atomic E-state index is -0.662. The first-order valence-electron chi connectivity index (χ1n) is 7.56. The Bertz CT molecular complexity index is 801. The molecular formula is C16H15F2N3O2. The van der Waals surface area contributed by atoms with Crippen molar-refractivity contribution in [1.29, 1.82) is 0 Å². The lowest BCUT2D eigenvalue weighted by Crippen LogP contribution is -2.24. The van der Waals surface area contributed by atoms with Crippen molar-refractivity contribution < 1.29 is 13.5 Å². The molecule has 2 aliphatic rings. The summed E-state index contributed by atoms with van der Waals surface area (Å²) in [6.45, 7) is 1.53. The van der Waals surface area contributed by atoms with Gasteiger partial charge in [0, 0.05) is 31.3 Å². The molecule has 5 nitrogen and oxygen atoms in total. The van der Waals surface area contributed by atoms with Gasteiger partial charge in [-0.1, -0.05) is 0 Å². The van der Waals surface area contributed by atoms with Crippen LogP contribution in [0.5, 0.6) is 5.88 Å². The Morgan fingerprint density at radius 1 is 1.22 bits per heavy atom. The molecule has 1 aromatic carbocycles. The Morgan fingerprint density at radius 3 is 2.78 bits per heavy atom. The van der Waals surface area contributed by atoms with Crippen LogP contribution in [0.15, 0.2) is 29.1 Å². The van der Waals surface area contributed by atoms with Crippen LogP contribution in [0.3, 0.4) is 0 Å². The maximum Gasteiger partial charge on any atom is 0.352 e. The van der Waals surface area contributed by atoms with Crippen molar-refractivity contribution in [2.75, 3.05) is 11.4 Å². The molecule has 0 amide bonds. The third kappa shape index (κ3) is 2.56. The van der Waals surface area contributed by atoms with Crippen LogP contribution in [-0.2, 0) is 13.2 Å². The molecule has 4 rings (SSSR count). The fourth-order valence-corrected chi connectivity index (χ4v) is 3.35. The van der Waals surface area contributed by atoms with Crippen molar-refractivity contribution >= 4 is 5.82 Å². The number of halogens is 2. The zero-order valence-electron chi connectivity index (χ0n) is 12.3. The van der Waals surface area contributed by atoms with Crippen LogP contribution >= 0.6 is 0 Å². The molecule has 1 unspecified atom stereocenters. The Kier molecular flexibility index (Phi) is 3.28. The molecule has 0 aliphatic carbocycles. The molecule has 120 valence electrons. The smallest absolute Gasteiger partial charge is 0.352 e. The highest BCUT2D eigenvalue weighted by molar-refractivity contribution is 5.48. The fourth-order valence-electron chi connectivity index (χ4n) is 3.35. The molecule has 2 aromatic rings. The van der Waals surface area contributed by atoms with Crippen LogP contribution in [0.4, 0.5) is 14.6 Å². The SMILES string of the molecule is O=c1nc(OCc2cc(F)cc(F)c2)cc2n1CC1CCCN21. The van der Waals surface area contributed by atoms with Crippen molar-refractivity contribution in [2.24, 2.45) is 0 Å². The van der Waals surface area contributed by atoms with Crippen LogP contribution < -0.4 is 15.3 Å². The van der Waals surface area contributed by atoms with E-state index in [-0.39, 0.29) is 18.2 Å². The molecule has 1 fully saturated rings. The van der Waals surface area contributed by atoms with Gasteiger partial charge in [-0.05, 0) is 30.5 Å². The number of hydrogen-bond donors (Lipinski definition) is 0. The zero-order valence-corrected chi connectivity index (χ0v) is 12.3. The molecule has 0 spiro atoms. The zero-order chi connectivity index (χ0) is 16.0. The number of ether oxygens (including phenoxy) is 1. The average Bonchev–Trinajstić information content (AvgIpc) is 3.06. The highest BCUT2D eigenvalue weighted by atomic mass is 19.1. The average molecular weight is 319 g/mol. The molecular weight excluding hydrogens is 304 g/mol. The van der Waals surface area contributed by atoms with Gasteiger partial charge >= 0.3 is 5.69 Å². The van der Waals surface area contributed by atoms with E-state index < -0.39 is 11.6 Å². The summed E-state index contributed by atoms with van der Waals surface area (Å²) in [5, 5.41) is 0. The third-order valence-electron chi connectivity index (χ3n) is 4.34. The predicted octanol–water partition coefficient (Wildman–Crippen LogP) is 2.08. The molecule has 2 aliphatic heterocycles. The lowest BCUT2D eigenvalue weighted by Gasteiger charge is -2.17. The Morgan fingerprint density at radius 2 is 2.00 bits per heavy atom. The number of benzene rings is 1. The molecule has 1 atom stereocenters. The summed E-state index contributed by atoms with van der Waals surface area (Å²) < 4.78 is 33.5. The van der Waals surface area contributed by atoms with Gasteiger partial charge in [0.2, 0.25) is 5.88 Å². The predicted molar refractivity (Wildman–Crippen MR) is 79.6 cm³/mol. The Balaban J connectivity index is 1.57. The number of hydrogen-bond acceptors (Lipinski definition) is 4. The van der Waals surface area contributed by atoms with E-state index in [0.717, 1.165) is 31.3 Å². The largest absolute Gasteiger partial charge is 0.473 e. The summed E-state index contributed by atoms with van der Waals surface area (Å²) >= 11 is 0. The highest BCUT2D eigenvalue weighted by Crippen LogP contribution is 2.32. The van der Waals surface area contributed by atoms with E-state index in [9.17, 15) is 13.6 Å². The molecule has 1 saturated heterocycles. The van der Waals surface area contributed by atoms with Crippen LogP contribution in [0.2, 0.25) is 0 Å². The minimum absolute atomic E-state index is 0.0476. The first kappa shape index (κ1) is 14.2. The van der Waals surface area contributed by atoms with Crippen molar-refractivity contribution in [3.8, 4) is 5.88 Å². The van der Waals surface area contributed by atoms with Gasteiger partial charge in [0.05, 0.1) is 0 Å². The molecule has 23 heavy (non-hydrogen) atoms. The van der Waals surface area contributed by atoms with E-state index >= 15 is 0 Å². The van der Waals surface area contributed by atoms with E-state index in [1.54, 1.807) is 10.6 Å². The van der Waals surface area contributed by atoms with Crippen LogP contribution in [0.1, 0.15) is 18.4 Å². The second-order valence-corrected chi connectivity index (χ2v) is 5.90. The third-order valence-corrected chi connectivity index (χ3v) is 4.34. The van der Waals surface area contributed by atoms with E-state index in [2.05, 4.69) is 9.88 Å². The van der Waals surface area contributed by atoms with Crippen LogP contribution in [-0.4, -0.2) is 22.1 Å². The molecule has 0 N–H and O–H groups in total. The van der Waals surface area contributed by atoms with Crippen molar-refractivity contribution in [3.05, 3.63) is 51.9 Å². The second kappa shape index (κ2) is 5.33. The quantitative estimate of drug-likeness (QED) is 0.869. The van der Waals surface area contributed by atoms with Gasteiger partial charge in [0.1, 0.15) is 24.1 Å². The van der Waals surface area contributed by atoms with E-state index in [0.29, 0.717) is 18.2 Å². The number of fused-ring (bicyclic) bond motifs is 3. The summed E-state index contributed by atoms with van der Waals surface area (Å²) in [5.74, 6) is -0.331. The van der Waals surface area contributed by atoms with Crippen molar-refractivity contribution in [2.45, 2.75) is 32.0 Å². The monoisotopic (exact) mass is 319 g/mol. The molecule has 0 bridgehead atoms. The van der Waals surface area contributed by atoms with Gasteiger partial charge in [0.25, 0.3) is 0 Å². The topological polar surface area (TPSA) is 47.4 Å². The number of aromatic nitrogens is 2. The van der Waals surface area contributed by atoms with Gasteiger partial charge in [-0.2, -0.15) is 4.98 Å². The van der Waals surface area contributed by atoms with Crippen molar-refractivity contribution in [1.82, 2.24) is 9.55 Å². The summed E-state index contributed by atoms with van der Waals surface area (Å²) in [6.07, 6.45) is 2.18. The van der Waals surface area contributed by atoms with Gasteiger partial charge in [-0.3, -0.25) is 4.57 Å². The van der Waals surface area contributed by atoms with Gasteiger partial charge in [-0.25, -0.2) is 13.6 Å². The van der Waals surface area contributed by atoms with Gasteiger partial charge < -0.3 is 9.64 Å². The summed E-state index contributed by atoms with van der Waals surface area (Å²) in [4.78, 5) is 18.2.